The summed E-state index contributed by atoms with van der Waals surface area (Å²) in [5, 5.41) is 1.66. The Kier molecular flexibility index (Phi) is 6.68. The van der Waals surface area contributed by atoms with E-state index in [9.17, 15) is 4.55 Å². The maximum atomic E-state index is 12.2. The number of fused-ring (bicyclic) bond motifs is 1. The average molecular weight is 438 g/mol. The normalized spacial score (nSPS) is 12.9. The van der Waals surface area contributed by atoms with Crippen molar-refractivity contribution in [2.45, 2.75) is 38.7 Å². The Hall–Kier alpha value is -1.57. The predicted molar refractivity (Wildman–Crippen MR) is 115 cm³/mol. The molecule has 0 aliphatic carbocycles. The molecule has 1 aromatic carbocycles. The number of hydrogen-bond donors (Lipinski definition) is 1. The maximum Gasteiger partial charge on any atom is 0.140 e. The fourth-order valence-corrected chi connectivity index (χ4v) is 3.58. The number of ether oxygens (including phenoxy) is 1. The predicted octanol–water partition coefficient (Wildman–Crippen LogP) is 5.07. The smallest absolute Gasteiger partial charge is 0.140 e. The highest BCUT2D eigenvalue weighted by Crippen LogP contribution is 2.32. The quantitative estimate of drug-likeness (QED) is 0.430. The molecular formula is C20H21Cl2N3O2S. The van der Waals surface area contributed by atoms with Crippen LogP contribution in [-0.4, -0.2) is 19.3 Å². The Balaban J connectivity index is 1.79. The molecule has 8 heteroatoms. The zero-order chi connectivity index (χ0) is 20.3. The number of nitrogens with zero attached hydrogens (tertiary/aromatic N) is 2. The lowest BCUT2D eigenvalue weighted by atomic mass is 10.1. The van der Waals surface area contributed by atoms with Gasteiger partial charge in [-0.3, -0.25) is 4.98 Å². The van der Waals surface area contributed by atoms with Crippen LogP contribution in [0.4, 0.5) is 0 Å². The molecular weight excluding hydrogens is 417 g/mol. The maximum absolute atomic E-state index is 12.2. The highest BCUT2D eigenvalue weighted by atomic mass is 35.5. The lowest BCUT2D eigenvalue weighted by molar-refractivity contribution is 0.302. The number of rotatable bonds is 6. The highest BCUT2D eigenvalue weighted by Gasteiger charge is 2.26. The van der Waals surface area contributed by atoms with Gasteiger partial charge in [-0.1, -0.05) is 29.3 Å². The summed E-state index contributed by atoms with van der Waals surface area (Å²) < 4.78 is 20.6. The number of halogens is 2. The molecule has 0 spiro atoms. The van der Waals surface area contributed by atoms with Crippen LogP contribution in [-0.2, 0) is 24.5 Å². The second kappa shape index (κ2) is 8.84. The van der Waals surface area contributed by atoms with Crippen LogP contribution in [0, 0.1) is 0 Å². The van der Waals surface area contributed by atoms with Gasteiger partial charge >= 0.3 is 0 Å². The summed E-state index contributed by atoms with van der Waals surface area (Å²) in [6.45, 7) is 6.37. The summed E-state index contributed by atoms with van der Waals surface area (Å²) in [5.41, 5.74) is 2.23. The van der Waals surface area contributed by atoms with E-state index in [1.807, 2.05) is 45.0 Å². The van der Waals surface area contributed by atoms with E-state index < -0.39 is 11.4 Å². The summed E-state index contributed by atoms with van der Waals surface area (Å²) >= 11 is 11.5. The molecule has 0 bridgehead atoms. The molecule has 0 aliphatic rings. The minimum Gasteiger partial charge on any atom is -0.598 e. The summed E-state index contributed by atoms with van der Waals surface area (Å²) in [6, 6.07) is 11.1. The summed E-state index contributed by atoms with van der Waals surface area (Å²) in [7, 11) is 0. The molecule has 1 N–H and O–H groups in total. The third kappa shape index (κ3) is 5.27. The first-order chi connectivity index (χ1) is 13.2. The molecule has 3 rings (SSSR count). The van der Waals surface area contributed by atoms with Gasteiger partial charge in [-0.15, -0.1) is 4.72 Å². The molecule has 1 unspecified atom stereocenters. The Bertz CT molecular complexity index is 965. The van der Waals surface area contributed by atoms with Crippen LogP contribution in [0.25, 0.3) is 10.9 Å². The number of aromatic nitrogens is 2. The van der Waals surface area contributed by atoms with E-state index in [0.717, 1.165) is 16.6 Å². The van der Waals surface area contributed by atoms with Crippen LogP contribution in [0.15, 0.2) is 42.6 Å². The first-order valence-electron chi connectivity index (χ1n) is 8.71. The van der Waals surface area contributed by atoms with Crippen molar-refractivity contribution in [3.05, 3.63) is 64.0 Å². The molecule has 0 radical (unpaired) electrons. The number of pyridine rings is 2. The monoisotopic (exact) mass is 437 g/mol. The van der Waals surface area contributed by atoms with Gasteiger partial charge in [0.25, 0.3) is 0 Å². The van der Waals surface area contributed by atoms with Crippen molar-refractivity contribution < 1.29 is 9.29 Å². The lowest BCUT2D eigenvalue weighted by Crippen LogP contribution is -2.39. The van der Waals surface area contributed by atoms with E-state index in [1.54, 1.807) is 18.3 Å². The van der Waals surface area contributed by atoms with Gasteiger partial charge in [0.05, 0.1) is 22.8 Å². The first kappa shape index (κ1) is 21.1. The summed E-state index contributed by atoms with van der Waals surface area (Å²) in [6.07, 6.45) is 1.71. The standard InChI is InChI=1S/C20H21Cl2N3O2S/c1-20(2,3)28(26)24-11-14-8-13-9-16(21)18(10-17(13)25-19(14)22)27-12-15-6-4-5-7-23-15/h4-10,24H,11-12H2,1-3H3. The average Bonchev–Trinajstić information content (AvgIpc) is 2.65. The van der Waals surface area contributed by atoms with Crippen LogP contribution in [0.1, 0.15) is 32.0 Å². The van der Waals surface area contributed by atoms with E-state index in [2.05, 4.69) is 14.7 Å². The molecule has 0 aliphatic heterocycles. The SMILES string of the molecule is CC(C)(C)[S+]([O-])NCc1cc2cc(Cl)c(OCc3ccccn3)cc2nc1Cl. The molecule has 0 saturated heterocycles. The molecule has 2 heterocycles. The zero-order valence-electron chi connectivity index (χ0n) is 15.8. The van der Waals surface area contributed by atoms with Crippen LogP contribution in [0.5, 0.6) is 5.75 Å². The molecule has 2 aromatic heterocycles. The van der Waals surface area contributed by atoms with Crippen LogP contribution < -0.4 is 9.46 Å². The summed E-state index contributed by atoms with van der Waals surface area (Å²) in [5.74, 6) is 0.517. The van der Waals surface area contributed by atoms with E-state index in [4.69, 9.17) is 27.9 Å². The van der Waals surface area contributed by atoms with Gasteiger partial charge in [-0.05, 0) is 45.0 Å². The molecule has 0 amide bonds. The van der Waals surface area contributed by atoms with Crippen LogP contribution in [0.2, 0.25) is 10.2 Å². The number of benzene rings is 1. The van der Waals surface area contributed by atoms with Crippen molar-refractivity contribution in [1.29, 1.82) is 0 Å². The van der Waals surface area contributed by atoms with Crippen LogP contribution >= 0.6 is 23.2 Å². The van der Waals surface area contributed by atoms with Gasteiger partial charge in [0, 0.05) is 34.6 Å². The molecule has 148 valence electrons. The third-order valence-electron chi connectivity index (χ3n) is 3.95. The second-order valence-corrected chi connectivity index (χ2v) is 10.0. The van der Waals surface area contributed by atoms with Crippen LogP contribution in [0.3, 0.4) is 0 Å². The van der Waals surface area contributed by atoms with Gasteiger partial charge in [-0.2, -0.15) is 0 Å². The molecule has 1 atom stereocenters. The minimum absolute atomic E-state index is 0.306. The van der Waals surface area contributed by atoms with E-state index in [-0.39, 0.29) is 4.75 Å². The van der Waals surface area contributed by atoms with E-state index in [1.165, 1.54) is 0 Å². The first-order valence-corrected chi connectivity index (χ1v) is 10.6. The second-order valence-electron chi connectivity index (χ2n) is 7.23. The minimum atomic E-state index is -1.20. The molecule has 5 nitrogen and oxygen atoms in total. The molecule has 28 heavy (non-hydrogen) atoms. The van der Waals surface area contributed by atoms with Crippen molar-refractivity contribution >= 4 is 45.5 Å². The van der Waals surface area contributed by atoms with E-state index >= 15 is 0 Å². The Labute approximate surface area is 177 Å². The topological polar surface area (TPSA) is 70.1 Å². The van der Waals surface area contributed by atoms with Crippen molar-refractivity contribution in [3.63, 3.8) is 0 Å². The van der Waals surface area contributed by atoms with Crippen molar-refractivity contribution in [2.75, 3.05) is 0 Å². The van der Waals surface area contributed by atoms with Gasteiger partial charge in [0.1, 0.15) is 22.3 Å². The third-order valence-corrected chi connectivity index (χ3v) is 6.09. The Morgan fingerprint density at radius 1 is 1.18 bits per heavy atom. The van der Waals surface area contributed by atoms with Gasteiger partial charge in [0.15, 0.2) is 0 Å². The van der Waals surface area contributed by atoms with Gasteiger partial charge in [-0.25, -0.2) is 4.98 Å². The van der Waals surface area contributed by atoms with Crippen molar-refractivity contribution in [1.82, 2.24) is 14.7 Å². The number of nitrogens with one attached hydrogen (secondary N) is 1. The highest BCUT2D eigenvalue weighted by molar-refractivity contribution is 7.90. The number of hydrogen-bond acceptors (Lipinski definition) is 5. The van der Waals surface area contributed by atoms with Crippen molar-refractivity contribution in [2.24, 2.45) is 0 Å². The van der Waals surface area contributed by atoms with Crippen molar-refractivity contribution in [3.8, 4) is 5.75 Å². The summed E-state index contributed by atoms with van der Waals surface area (Å²) in [4.78, 5) is 8.67. The van der Waals surface area contributed by atoms with Gasteiger partial charge in [0.2, 0.25) is 0 Å². The Morgan fingerprint density at radius 3 is 2.64 bits per heavy atom. The molecule has 3 aromatic rings. The molecule has 0 fully saturated rings. The fraction of sp³-hybridized carbons (Fsp3) is 0.300. The van der Waals surface area contributed by atoms with E-state index in [0.29, 0.717) is 34.6 Å². The molecule has 0 saturated carbocycles. The lowest BCUT2D eigenvalue weighted by Gasteiger charge is -2.23. The fourth-order valence-electron chi connectivity index (χ4n) is 2.42. The largest absolute Gasteiger partial charge is 0.598 e. The Morgan fingerprint density at radius 2 is 1.96 bits per heavy atom. The van der Waals surface area contributed by atoms with Gasteiger partial charge < -0.3 is 9.29 Å². The zero-order valence-corrected chi connectivity index (χ0v) is 18.2.